The van der Waals surface area contributed by atoms with Crippen LogP contribution in [-0.4, -0.2) is 5.78 Å². The third-order valence-electron chi connectivity index (χ3n) is 2.12. The van der Waals surface area contributed by atoms with Crippen LogP contribution < -0.4 is 0 Å². The van der Waals surface area contributed by atoms with Gasteiger partial charge in [-0.25, -0.2) is 0 Å². The Morgan fingerprint density at radius 2 is 2.00 bits per heavy atom. The molecule has 0 bridgehead atoms. The number of benzene rings is 1. The number of halogens is 2. The lowest BCUT2D eigenvalue weighted by Crippen LogP contribution is -2.00. The van der Waals surface area contributed by atoms with Gasteiger partial charge in [0.2, 0.25) is 0 Å². The number of carbonyl (C=O) groups is 1. The number of ketones is 1. The molecule has 2 aromatic rings. The number of thiophene rings is 1. The highest BCUT2D eigenvalue weighted by molar-refractivity contribution is 14.1. The van der Waals surface area contributed by atoms with Crippen LogP contribution in [0.2, 0.25) is 0 Å². The molecule has 0 saturated carbocycles. The molecule has 16 heavy (non-hydrogen) atoms. The van der Waals surface area contributed by atoms with E-state index in [-0.39, 0.29) is 5.78 Å². The van der Waals surface area contributed by atoms with E-state index in [1.165, 1.54) is 14.9 Å². The predicted molar refractivity (Wildman–Crippen MR) is 79.2 cm³/mol. The Morgan fingerprint density at radius 1 is 1.31 bits per heavy atom. The largest absolute Gasteiger partial charge is 0.293 e. The summed E-state index contributed by atoms with van der Waals surface area (Å²) in [5.74, 6) is 0.178. The van der Waals surface area contributed by atoms with E-state index in [1.807, 2.05) is 35.7 Å². The van der Waals surface area contributed by atoms with Crippen LogP contribution in [0.4, 0.5) is 0 Å². The molecule has 0 aliphatic carbocycles. The molecular formula is C12H8BrIOS. The highest BCUT2D eigenvalue weighted by atomic mass is 127. The average molecular weight is 407 g/mol. The van der Waals surface area contributed by atoms with Crippen molar-refractivity contribution in [1.82, 2.24) is 0 Å². The molecule has 0 atom stereocenters. The zero-order valence-electron chi connectivity index (χ0n) is 8.24. The molecule has 0 radical (unpaired) electrons. The van der Waals surface area contributed by atoms with Crippen molar-refractivity contribution in [2.75, 3.05) is 0 Å². The van der Waals surface area contributed by atoms with E-state index in [9.17, 15) is 4.79 Å². The fraction of sp³-hybridized carbons (Fsp3) is 0.0833. The molecule has 1 aromatic heterocycles. The molecule has 0 amide bonds. The standard InChI is InChI=1S/C12H8BrIOS/c13-9-6-12(16-7-9)11(15)5-8-1-3-10(14)4-2-8/h1-4,6-7H,5H2. The third kappa shape index (κ3) is 3.15. The summed E-state index contributed by atoms with van der Waals surface area (Å²) in [6.45, 7) is 0. The number of carbonyl (C=O) groups excluding carboxylic acids is 1. The first-order chi connectivity index (χ1) is 7.65. The van der Waals surface area contributed by atoms with Gasteiger partial charge in [-0.1, -0.05) is 12.1 Å². The zero-order chi connectivity index (χ0) is 11.5. The van der Waals surface area contributed by atoms with Crippen molar-refractivity contribution in [3.63, 3.8) is 0 Å². The smallest absolute Gasteiger partial charge is 0.177 e. The zero-order valence-corrected chi connectivity index (χ0v) is 12.8. The summed E-state index contributed by atoms with van der Waals surface area (Å²) < 4.78 is 2.16. The van der Waals surface area contributed by atoms with Crippen LogP contribution in [0.5, 0.6) is 0 Å². The van der Waals surface area contributed by atoms with Crippen LogP contribution in [0, 0.1) is 3.57 Å². The molecular weight excluding hydrogens is 399 g/mol. The Morgan fingerprint density at radius 3 is 2.56 bits per heavy atom. The second-order valence-corrected chi connectivity index (χ2v) is 6.43. The van der Waals surface area contributed by atoms with Crippen molar-refractivity contribution >= 4 is 55.6 Å². The minimum absolute atomic E-state index is 0.178. The molecule has 0 saturated heterocycles. The molecule has 0 aliphatic rings. The van der Waals surface area contributed by atoms with Crippen LogP contribution in [-0.2, 0) is 6.42 Å². The van der Waals surface area contributed by atoms with Gasteiger partial charge in [-0.3, -0.25) is 4.79 Å². The maximum Gasteiger partial charge on any atom is 0.177 e. The third-order valence-corrected chi connectivity index (χ3v) is 4.57. The molecule has 0 N–H and O–H groups in total. The first-order valence-electron chi connectivity index (χ1n) is 4.67. The molecule has 1 aromatic carbocycles. The van der Waals surface area contributed by atoms with Crippen molar-refractivity contribution in [3.8, 4) is 0 Å². The summed E-state index contributed by atoms with van der Waals surface area (Å²) in [6.07, 6.45) is 0.476. The molecule has 0 spiro atoms. The maximum absolute atomic E-state index is 11.9. The fourth-order valence-corrected chi connectivity index (χ4v) is 3.06. The van der Waals surface area contributed by atoms with E-state index < -0.39 is 0 Å². The van der Waals surface area contributed by atoms with E-state index in [0.717, 1.165) is 14.9 Å². The molecule has 0 fully saturated rings. The summed E-state index contributed by atoms with van der Waals surface area (Å²) in [5.41, 5.74) is 1.06. The van der Waals surface area contributed by atoms with Gasteiger partial charge in [0.25, 0.3) is 0 Å². The number of Topliss-reactive ketones (excluding diaryl/α,β-unsaturated/α-hetero) is 1. The summed E-state index contributed by atoms with van der Waals surface area (Å²) in [4.78, 5) is 12.7. The molecule has 82 valence electrons. The number of hydrogen-bond donors (Lipinski definition) is 0. The lowest BCUT2D eigenvalue weighted by molar-refractivity contribution is 0.0997. The van der Waals surface area contributed by atoms with Gasteiger partial charge in [0, 0.05) is 19.8 Å². The van der Waals surface area contributed by atoms with Gasteiger partial charge >= 0.3 is 0 Å². The molecule has 1 nitrogen and oxygen atoms in total. The van der Waals surface area contributed by atoms with Crippen molar-refractivity contribution in [2.24, 2.45) is 0 Å². The van der Waals surface area contributed by atoms with Gasteiger partial charge in [0.1, 0.15) is 0 Å². The summed E-state index contributed by atoms with van der Waals surface area (Å²) in [5, 5.41) is 1.93. The van der Waals surface area contributed by atoms with Crippen molar-refractivity contribution in [3.05, 3.63) is 54.2 Å². The molecule has 1 heterocycles. The predicted octanol–water partition coefficient (Wildman–Crippen LogP) is 4.54. The summed E-state index contributed by atoms with van der Waals surface area (Å²) >= 11 is 7.09. The minimum atomic E-state index is 0.178. The fourth-order valence-electron chi connectivity index (χ4n) is 1.33. The lowest BCUT2D eigenvalue weighted by Gasteiger charge is -1.99. The van der Waals surface area contributed by atoms with Crippen LogP contribution >= 0.6 is 49.9 Å². The second kappa shape index (κ2) is 5.42. The van der Waals surface area contributed by atoms with Crippen molar-refractivity contribution in [2.45, 2.75) is 6.42 Å². The van der Waals surface area contributed by atoms with Gasteiger partial charge in [0.05, 0.1) is 4.88 Å². The van der Waals surface area contributed by atoms with E-state index in [4.69, 9.17) is 0 Å². The highest BCUT2D eigenvalue weighted by Crippen LogP contribution is 2.21. The Hall–Kier alpha value is -0.200. The van der Waals surface area contributed by atoms with Gasteiger partial charge in [0.15, 0.2) is 5.78 Å². The Bertz CT molecular complexity index is 504. The first-order valence-corrected chi connectivity index (χ1v) is 7.42. The molecule has 4 heteroatoms. The monoisotopic (exact) mass is 406 g/mol. The molecule has 2 rings (SSSR count). The maximum atomic E-state index is 11.9. The summed E-state index contributed by atoms with van der Waals surface area (Å²) in [7, 11) is 0. The van der Waals surface area contributed by atoms with E-state index in [1.54, 1.807) is 0 Å². The average Bonchev–Trinajstić information content (AvgIpc) is 2.68. The number of hydrogen-bond acceptors (Lipinski definition) is 2. The van der Waals surface area contributed by atoms with Crippen molar-refractivity contribution in [1.29, 1.82) is 0 Å². The van der Waals surface area contributed by atoms with Crippen molar-refractivity contribution < 1.29 is 4.79 Å². The Balaban J connectivity index is 2.10. The van der Waals surface area contributed by atoms with Crippen LogP contribution in [0.15, 0.2) is 40.2 Å². The van der Waals surface area contributed by atoms with Gasteiger partial charge in [-0.15, -0.1) is 11.3 Å². The van der Waals surface area contributed by atoms with E-state index in [0.29, 0.717) is 6.42 Å². The van der Waals surface area contributed by atoms with Crippen LogP contribution in [0.3, 0.4) is 0 Å². The van der Waals surface area contributed by atoms with Crippen LogP contribution in [0.25, 0.3) is 0 Å². The SMILES string of the molecule is O=C(Cc1ccc(I)cc1)c1cc(Br)cs1. The minimum Gasteiger partial charge on any atom is -0.293 e. The second-order valence-electron chi connectivity index (χ2n) is 3.36. The van der Waals surface area contributed by atoms with E-state index >= 15 is 0 Å². The van der Waals surface area contributed by atoms with Gasteiger partial charge < -0.3 is 0 Å². The molecule has 0 unspecified atom stereocenters. The quantitative estimate of drug-likeness (QED) is 0.540. The van der Waals surface area contributed by atoms with Crippen LogP contribution in [0.1, 0.15) is 15.2 Å². The topological polar surface area (TPSA) is 17.1 Å². The first kappa shape index (κ1) is 12.3. The highest BCUT2D eigenvalue weighted by Gasteiger charge is 2.09. The molecule has 0 aliphatic heterocycles. The summed E-state index contributed by atoms with van der Waals surface area (Å²) in [6, 6.07) is 9.92. The Labute approximate surface area is 120 Å². The number of rotatable bonds is 3. The van der Waals surface area contributed by atoms with E-state index in [2.05, 4.69) is 38.5 Å². The van der Waals surface area contributed by atoms with Gasteiger partial charge in [-0.2, -0.15) is 0 Å². The lowest BCUT2D eigenvalue weighted by atomic mass is 10.1. The van der Waals surface area contributed by atoms with Gasteiger partial charge in [-0.05, 0) is 62.3 Å². The normalized spacial score (nSPS) is 10.4. The Kier molecular flexibility index (Phi) is 4.16.